The van der Waals surface area contributed by atoms with Crippen molar-refractivity contribution in [2.24, 2.45) is 0 Å². The number of nitrogens with zero attached hydrogens (tertiary/aromatic N) is 3. The molecule has 0 fully saturated rings. The number of ether oxygens (including phenoxy) is 1. The van der Waals surface area contributed by atoms with Gasteiger partial charge >= 0.3 is 5.97 Å². The Morgan fingerprint density at radius 3 is 2.94 bits per heavy atom. The van der Waals surface area contributed by atoms with Gasteiger partial charge in [-0.3, -0.25) is 4.57 Å². The van der Waals surface area contributed by atoms with Gasteiger partial charge in [0.2, 0.25) is 0 Å². The average Bonchev–Trinajstić information content (AvgIpc) is 2.72. The molecule has 2 rings (SSSR count). The van der Waals surface area contributed by atoms with Crippen LogP contribution in [0.25, 0.3) is 5.82 Å². The predicted octanol–water partition coefficient (Wildman–Crippen LogP) is 1.73. The summed E-state index contributed by atoms with van der Waals surface area (Å²) >= 11 is 4.27. The highest BCUT2D eigenvalue weighted by molar-refractivity contribution is 7.80. The zero-order valence-electron chi connectivity index (χ0n) is 9.20. The van der Waals surface area contributed by atoms with E-state index in [0.29, 0.717) is 17.5 Å². The van der Waals surface area contributed by atoms with Crippen LogP contribution in [0.4, 0.5) is 0 Å². The van der Waals surface area contributed by atoms with E-state index in [1.165, 1.54) is 6.33 Å². The van der Waals surface area contributed by atoms with E-state index in [4.69, 9.17) is 4.74 Å². The molecule has 0 aromatic carbocycles. The Labute approximate surface area is 104 Å². The topological polar surface area (TPSA) is 57.0 Å². The van der Waals surface area contributed by atoms with Gasteiger partial charge in [-0.05, 0) is 19.1 Å². The zero-order chi connectivity index (χ0) is 12.3. The average molecular weight is 249 g/mol. The molecular weight excluding hydrogens is 238 g/mol. The van der Waals surface area contributed by atoms with Crippen LogP contribution in [0.1, 0.15) is 17.4 Å². The molecule has 0 radical (unpaired) electrons. The molecule has 0 unspecified atom stereocenters. The highest BCUT2D eigenvalue weighted by Gasteiger charge is 2.17. The summed E-state index contributed by atoms with van der Waals surface area (Å²) in [4.78, 5) is 19.7. The van der Waals surface area contributed by atoms with Crippen molar-refractivity contribution in [3.8, 4) is 5.82 Å². The van der Waals surface area contributed by atoms with Crippen molar-refractivity contribution < 1.29 is 9.53 Å². The van der Waals surface area contributed by atoms with Gasteiger partial charge in [0.15, 0.2) is 5.69 Å². The number of rotatable bonds is 3. The van der Waals surface area contributed by atoms with Gasteiger partial charge in [0.25, 0.3) is 0 Å². The lowest BCUT2D eigenvalue weighted by molar-refractivity contribution is 0.0515. The molecule has 88 valence electrons. The Kier molecular flexibility index (Phi) is 3.43. The van der Waals surface area contributed by atoms with Gasteiger partial charge in [0, 0.05) is 6.20 Å². The van der Waals surface area contributed by atoms with Gasteiger partial charge < -0.3 is 4.74 Å². The first-order valence-corrected chi connectivity index (χ1v) is 5.53. The van der Waals surface area contributed by atoms with E-state index in [-0.39, 0.29) is 5.69 Å². The molecule has 0 bridgehead atoms. The van der Waals surface area contributed by atoms with Crippen LogP contribution in [0.3, 0.4) is 0 Å². The Morgan fingerprint density at radius 1 is 1.47 bits per heavy atom. The van der Waals surface area contributed by atoms with Crippen LogP contribution in [0.5, 0.6) is 0 Å². The second-order valence-electron chi connectivity index (χ2n) is 3.20. The highest BCUT2D eigenvalue weighted by Crippen LogP contribution is 2.17. The van der Waals surface area contributed by atoms with Crippen molar-refractivity contribution in [2.45, 2.75) is 11.9 Å². The fourth-order valence-electron chi connectivity index (χ4n) is 1.35. The smallest absolute Gasteiger partial charge is 0.359 e. The number of aromatic nitrogens is 3. The van der Waals surface area contributed by atoms with Gasteiger partial charge in [-0.15, -0.1) is 12.6 Å². The molecule has 0 aliphatic heterocycles. The molecule has 0 saturated heterocycles. The van der Waals surface area contributed by atoms with E-state index in [2.05, 4.69) is 22.6 Å². The third-order valence-electron chi connectivity index (χ3n) is 2.11. The second kappa shape index (κ2) is 5.01. The van der Waals surface area contributed by atoms with Crippen molar-refractivity contribution in [3.63, 3.8) is 0 Å². The molecule has 0 amide bonds. The number of carbonyl (C=O) groups is 1. The Hall–Kier alpha value is -1.82. The highest BCUT2D eigenvalue weighted by atomic mass is 32.1. The van der Waals surface area contributed by atoms with E-state index < -0.39 is 5.97 Å². The Balaban J connectivity index is 2.37. The molecule has 0 saturated carbocycles. The quantitative estimate of drug-likeness (QED) is 0.665. The lowest BCUT2D eigenvalue weighted by Gasteiger charge is -2.03. The normalized spacial score (nSPS) is 10.2. The van der Waals surface area contributed by atoms with Crippen molar-refractivity contribution >= 4 is 18.6 Å². The monoisotopic (exact) mass is 249 g/mol. The van der Waals surface area contributed by atoms with E-state index >= 15 is 0 Å². The number of imidazole rings is 1. The van der Waals surface area contributed by atoms with Gasteiger partial charge in [-0.1, -0.05) is 6.07 Å². The number of esters is 1. The summed E-state index contributed by atoms with van der Waals surface area (Å²) < 4.78 is 6.49. The molecule has 0 spiro atoms. The lowest BCUT2D eigenvalue weighted by atomic mass is 10.4. The Morgan fingerprint density at radius 2 is 2.29 bits per heavy atom. The van der Waals surface area contributed by atoms with E-state index in [9.17, 15) is 4.79 Å². The first-order valence-electron chi connectivity index (χ1n) is 5.09. The Bertz CT molecular complexity index is 525. The second-order valence-corrected chi connectivity index (χ2v) is 3.62. The maximum atomic E-state index is 11.5. The zero-order valence-corrected chi connectivity index (χ0v) is 10.1. The molecule has 5 nitrogen and oxygen atoms in total. The largest absolute Gasteiger partial charge is 0.461 e. The molecule has 2 heterocycles. The number of hydrogen-bond donors (Lipinski definition) is 1. The van der Waals surface area contributed by atoms with E-state index in [1.807, 2.05) is 12.1 Å². The molecule has 6 heteroatoms. The summed E-state index contributed by atoms with van der Waals surface area (Å²) in [6.07, 6.45) is 3.16. The predicted molar refractivity (Wildman–Crippen MR) is 64.6 cm³/mol. The third-order valence-corrected chi connectivity index (χ3v) is 2.53. The molecular formula is C11H11N3O2S. The number of pyridine rings is 1. The maximum absolute atomic E-state index is 11.5. The minimum Gasteiger partial charge on any atom is -0.461 e. The van der Waals surface area contributed by atoms with Gasteiger partial charge in [-0.25, -0.2) is 14.8 Å². The molecule has 0 atom stereocenters. The summed E-state index contributed by atoms with van der Waals surface area (Å²) in [5.74, 6) is 0.174. The van der Waals surface area contributed by atoms with Crippen LogP contribution in [0.2, 0.25) is 0 Å². The SMILES string of the molecule is CCOC(=O)c1ncn(-c2ccccn2)c1S. The summed E-state index contributed by atoms with van der Waals surface area (Å²) in [5.41, 5.74) is 0.195. The van der Waals surface area contributed by atoms with E-state index in [0.717, 1.165) is 0 Å². The summed E-state index contributed by atoms with van der Waals surface area (Å²) in [6.45, 7) is 2.05. The molecule has 2 aromatic heterocycles. The van der Waals surface area contributed by atoms with Crippen LogP contribution in [0, 0.1) is 0 Å². The fourth-order valence-corrected chi connectivity index (χ4v) is 1.65. The van der Waals surface area contributed by atoms with Crippen molar-refractivity contribution in [1.82, 2.24) is 14.5 Å². The van der Waals surface area contributed by atoms with Gasteiger partial charge in [0.1, 0.15) is 17.2 Å². The van der Waals surface area contributed by atoms with Crippen molar-refractivity contribution in [3.05, 3.63) is 36.4 Å². The van der Waals surface area contributed by atoms with Crippen molar-refractivity contribution in [2.75, 3.05) is 6.61 Å². The number of carbonyl (C=O) groups excluding carboxylic acids is 1. The summed E-state index contributed by atoms with van der Waals surface area (Å²) in [7, 11) is 0. The first-order chi connectivity index (χ1) is 8.24. The van der Waals surface area contributed by atoms with Crippen LogP contribution >= 0.6 is 12.6 Å². The number of hydrogen-bond acceptors (Lipinski definition) is 5. The molecule has 2 aromatic rings. The third kappa shape index (κ3) is 2.31. The van der Waals surface area contributed by atoms with Crippen LogP contribution in [-0.4, -0.2) is 27.1 Å². The van der Waals surface area contributed by atoms with Gasteiger partial charge in [-0.2, -0.15) is 0 Å². The standard InChI is InChI=1S/C11H11N3O2S/c1-2-16-11(15)9-10(17)14(7-13-9)8-5-3-4-6-12-8/h3-7,17H,2H2,1H3. The molecule has 0 N–H and O–H groups in total. The minimum absolute atomic E-state index is 0.195. The van der Waals surface area contributed by atoms with Crippen LogP contribution in [0.15, 0.2) is 35.7 Å². The van der Waals surface area contributed by atoms with Gasteiger partial charge in [0.05, 0.1) is 6.61 Å². The number of thiol groups is 1. The van der Waals surface area contributed by atoms with Crippen LogP contribution in [-0.2, 0) is 4.74 Å². The molecule has 0 aliphatic rings. The molecule has 0 aliphatic carbocycles. The maximum Gasteiger partial charge on any atom is 0.359 e. The summed E-state index contributed by atoms with van der Waals surface area (Å²) in [6, 6.07) is 5.46. The van der Waals surface area contributed by atoms with Crippen LogP contribution < -0.4 is 0 Å². The molecule has 17 heavy (non-hydrogen) atoms. The van der Waals surface area contributed by atoms with Crippen molar-refractivity contribution in [1.29, 1.82) is 0 Å². The summed E-state index contributed by atoms with van der Waals surface area (Å²) in [5, 5.41) is 0.419. The van der Waals surface area contributed by atoms with E-state index in [1.54, 1.807) is 23.8 Å². The minimum atomic E-state index is -0.479. The fraction of sp³-hybridized carbons (Fsp3) is 0.182. The first kappa shape index (κ1) is 11.7. The lowest BCUT2D eigenvalue weighted by Crippen LogP contribution is -2.06.